The first-order valence-electron chi connectivity index (χ1n) is 10.7. The number of methoxy groups -OCH3 is 2. The van der Waals surface area contributed by atoms with Gasteiger partial charge in [-0.1, -0.05) is 6.07 Å². The van der Waals surface area contributed by atoms with E-state index in [0.29, 0.717) is 32.5 Å². The first-order chi connectivity index (χ1) is 14.3. The molecule has 0 atom stereocenters. The van der Waals surface area contributed by atoms with E-state index < -0.39 is 0 Å². The van der Waals surface area contributed by atoms with Gasteiger partial charge in [0.05, 0.1) is 33.0 Å². The number of benzene rings is 1. The maximum Gasteiger partial charge on any atom is 0.191 e. The van der Waals surface area contributed by atoms with E-state index in [2.05, 4.69) is 17.6 Å². The van der Waals surface area contributed by atoms with Crippen LogP contribution in [0.1, 0.15) is 44.6 Å². The summed E-state index contributed by atoms with van der Waals surface area (Å²) in [5.74, 6) is 2.40. The number of nitrogens with one attached hydrogen (secondary N) is 2. The highest BCUT2D eigenvalue weighted by molar-refractivity contribution is 14.0. The Morgan fingerprint density at radius 1 is 1.07 bits per heavy atom. The Morgan fingerprint density at radius 3 is 2.57 bits per heavy atom. The second-order valence-corrected chi connectivity index (χ2v) is 7.09. The predicted octanol–water partition coefficient (Wildman–Crippen LogP) is 3.74. The van der Waals surface area contributed by atoms with Crippen molar-refractivity contribution in [1.82, 2.24) is 10.6 Å². The molecule has 7 nitrogen and oxygen atoms in total. The van der Waals surface area contributed by atoms with Gasteiger partial charge in [-0.25, -0.2) is 4.99 Å². The van der Waals surface area contributed by atoms with E-state index in [1.54, 1.807) is 14.2 Å². The Hall–Kier alpha value is -1.26. The average molecular weight is 535 g/mol. The van der Waals surface area contributed by atoms with Crippen molar-refractivity contribution in [1.29, 1.82) is 0 Å². The van der Waals surface area contributed by atoms with Crippen molar-refractivity contribution in [3.8, 4) is 11.5 Å². The van der Waals surface area contributed by atoms with Crippen LogP contribution in [0.15, 0.2) is 23.2 Å². The molecule has 2 rings (SSSR count). The molecule has 0 unspecified atom stereocenters. The molecule has 1 aromatic carbocycles. The van der Waals surface area contributed by atoms with Gasteiger partial charge in [0, 0.05) is 26.8 Å². The van der Waals surface area contributed by atoms with Crippen molar-refractivity contribution in [3.63, 3.8) is 0 Å². The molecule has 1 aliphatic rings. The number of nitrogens with zero attached hydrogens (tertiary/aromatic N) is 1. The first-order valence-corrected chi connectivity index (χ1v) is 10.7. The minimum Gasteiger partial charge on any atom is -0.493 e. The summed E-state index contributed by atoms with van der Waals surface area (Å²) >= 11 is 0. The molecule has 172 valence electrons. The summed E-state index contributed by atoms with van der Waals surface area (Å²) < 4.78 is 22.1. The average Bonchev–Trinajstić information content (AvgIpc) is 3.24. The number of hydrogen-bond donors (Lipinski definition) is 2. The Morgan fingerprint density at radius 2 is 1.87 bits per heavy atom. The van der Waals surface area contributed by atoms with Crippen LogP contribution in [0.2, 0.25) is 0 Å². The van der Waals surface area contributed by atoms with E-state index in [1.807, 2.05) is 18.2 Å². The lowest BCUT2D eigenvalue weighted by molar-refractivity contribution is 0.0698. The maximum absolute atomic E-state index is 6.18. The van der Waals surface area contributed by atoms with Crippen LogP contribution in [0.3, 0.4) is 0 Å². The normalized spacial score (nSPS) is 14.3. The fraction of sp³-hybridized carbons (Fsp3) is 0.682. The summed E-state index contributed by atoms with van der Waals surface area (Å²) in [5, 5.41) is 6.63. The van der Waals surface area contributed by atoms with Crippen LogP contribution in [0.5, 0.6) is 11.5 Å². The molecule has 1 aromatic rings. The van der Waals surface area contributed by atoms with Crippen molar-refractivity contribution in [2.24, 2.45) is 4.99 Å². The molecular weight excluding hydrogens is 497 g/mol. The highest BCUT2D eigenvalue weighted by atomic mass is 127. The summed E-state index contributed by atoms with van der Waals surface area (Å²) in [6, 6.07) is 6.05. The standard InChI is InChI=1S/C22H37N3O4.HI/c1-4-23-22(24-12-7-13-28-15-14-26-2)25-17-18-10-11-20(27-3)21(16-18)29-19-8-5-6-9-19;/h10-11,16,19H,4-9,12-15,17H2,1-3H3,(H2,23,24,25);1H. The molecule has 0 saturated heterocycles. The number of hydrogen-bond acceptors (Lipinski definition) is 5. The van der Waals surface area contributed by atoms with Crippen molar-refractivity contribution >= 4 is 29.9 Å². The lowest BCUT2D eigenvalue weighted by Gasteiger charge is -2.17. The molecule has 30 heavy (non-hydrogen) atoms. The molecule has 1 aliphatic carbocycles. The molecule has 0 radical (unpaired) electrons. The fourth-order valence-corrected chi connectivity index (χ4v) is 3.23. The molecule has 1 fully saturated rings. The van der Waals surface area contributed by atoms with Crippen LogP contribution in [0.4, 0.5) is 0 Å². The summed E-state index contributed by atoms with van der Waals surface area (Å²) in [6.07, 6.45) is 5.94. The Kier molecular flexibility index (Phi) is 14.7. The highest BCUT2D eigenvalue weighted by Crippen LogP contribution is 2.32. The first kappa shape index (κ1) is 26.8. The zero-order valence-corrected chi connectivity index (χ0v) is 20.9. The SMILES string of the molecule is CCNC(=NCc1ccc(OC)c(OC2CCCC2)c1)NCCCOCCOC.I. The molecule has 1 saturated carbocycles. The van der Waals surface area contributed by atoms with Gasteiger partial charge in [0.2, 0.25) is 0 Å². The highest BCUT2D eigenvalue weighted by Gasteiger charge is 2.18. The Balaban J connectivity index is 0.00000450. The molecule has 0 bridgehead atoms. The fourth-order valence-electron chi connectivity index (χ4n) is 3.23. The van der Waals surface area contributed by atoms with E-state index in [1.165, 1.54) is 12.8 Å². The van der Waals surface area contributed by atoms with Crippen molar-refractivity contribution in [3.05, 3.63) is 23.8 Å². The molecule has 0 aromatic heterocycles. The van der Waals surface area contributed by atoms with Crippen molar-refractivity contribution in [2.45, 2.75) is 51.7 Å². The van der Waals surface area contributed by atoms with E-state index in [9.17, 15) is 0 Å². The van der Waals surface area contributed by atoms with Crippen LogP contribution >= 0.6 is 24.0 Å². The van der Waals surface area contributed by atoms with Gasteiger partial charge in [0.15, 0.2) is 17.5 Å². The topological polar surface area (TPSA) is 73.3 Å². The zero-order chi connectivity index (χ0) is 20.7. The lowest BCUT2D eigenvalue weighted by atomic mass is 10.2. The van der Waals surface area contributed by atoms with Crippen LogP contribution < -0.4 is 20.1 Å². The number of ether oxygens (including phenoxy) is 4. The quantitative estimate of drug-likeness (QED) is 0.174. The molecule has 0 aliphatic heterocycles. The smallest absolute Gasteiger partial charge is 0.191 e. The van der Waals surface area contributed by atoms with Crippen LogP contribution in [0, 0.1) is 0 Å². The number of guanidine groups is 1. The van der Waals surface area contributed by atoms with E-state index in [-0.39, 0.29) is 24.0 Å². The molecule has 2 N–H and O–H groups in total. The van der Waals surface area contributed by atoms with Gasteiger partial charge in [-0.05, 0) is 56.7 Å². The van der Waals surface area contributed by atoms with Gasteiger partial charge in [0.1, 0.15) is 0 Å². The van der Waals surface area contributed by atoms with Crippen LogP contribution in [-0.2, 0) is 16.0 Å². The minimum absolute atomic E-state index is 0. The third-order valence-corrected chi connectivity index (χ3v) is 4.78. The number of rotatable bonds is 13. The third kappa shape index (κ3) is 10.2. The van der Waals surface area contributed by atoms with Crippen LogP contribution in [-0.4, -0.2) is 59.2 Å². The number of halogens is 1. The molecule has 0 spiro atoms. The molecule has 0 heterocycles. The van der Waals surface area contributed by atoms with E-state index >= 15 is 0 Å². The van der Waals surface area contributed by atoms with Crippen molar-refractivity contribution in [2.75, 3.05) is 47.1 Å². The van der Waals surface area contributed by atoms with Gasteiger partial charge in [-0.15, -0.1) is 24.0 Å². The summed E-state index contributed by atoms with van der Waals surface area (Å²) in [4.78, 5) is 4.70. The Bertz CT molecular complexity index is 610. The second kappa shape index (κ2) is 16.4. The third-order valence-electron chi connectivity index (χ3n) is 4.78. The van der Waals surface area contributed by atoms with Gasteiger partial charge in [-0.3, -0.25) is 0 Å². The van der Waals surface area contributed by atoms with Gasteiger partial charge >= 0.3 is 0 Å². The van der Waals surface area contributed by atoms with E-state index in [4.69, 9.17) is 23.9 Å². The van der Waals surface area contributed by atoms with E-state index in [0.717, 1.165) is 55.4 Å². The summed E-state index contributed by atoms with van der Waals surface area (Å²) in [6.45, 7) is 6.22. The van der Waals surface area contributed by atoms with Gasteiger partial charge in [0.25, 0.3) is 0 Å². The largest absolute Gasteiger partial charge is 0.493 e. The summed E-state index contributed by atoms with van der Waals surface area (Å²) in [7, 11) is 3.36. The number of aliphatic imine (C=N–C) groups is 1. The minimum atomic E-state index is 0. The molecular formula is C22H38IN3O4. The summed E-state index contributed by atoms with van der Waals surface area (Å²) in [5.41, 5.74) is 1.10. The lowest BCUT2D eigenvalue weighted by Crippen LogP contribution is -2.38. The maximum atomic E-state index is 6.18. The zero-order valence-electron chi connectivity index (χ0n) is 18.6. The van der Waals surface area contributed by atoms with Crippen molar-refractivity contribution < 1.29 is 18.9 Å². The molecule has 8 heteroatoms. The van der Waals surface area contributed by atoms with Crippen LogP contribution in [0.25, 0.3) is 0 Å². The monoisotopic (exact) mass is 535 g/mol. The molecule has 0 amide bonds. The van der Waals surface area contributed by atoms with Gasteiger partial charge in [-0.2, -0.15) is 0 Å². The predicted molar refractivity (Wildman–Crippen MR) is 131 cm³/mol. The second-order valence-electron chi connectivity index (χ2n) is 7.09. The Labute approximate surface area is 198 Å². The van der Waals surface area contributed by atoms with Gasteiger partial charge < -0.3 is 29.6 Å².